The first kappa shape index (κ1) is 6.72. The lowest BCUT2D eigenvalue weighted by molar-refractivity contribution is 0.290. The van der Waals surface area contributed by atoms with Gasteiger partial charge in [-0.05, 0) is 37.8 Å². The standard InChI is InChI=1S/C8H16BN/c1-2-8(6-9-7-8)3-5-10-4-1/h9-10H,1-7H2. The lowest BCUT2D eigenvalue weighted by Gasteiger charge is -2.40. The second kappa shape index (κ2) is 2.57. The fourth-order valence-electron chi connectivity index (χ4n) is 2.37. The summed E-state index contributed by atoms with van der Waals surface area (Å²) in [7, 11) is 1.50. The summed E-state index contributed by atoms with van der Waals surface area (Å²) >= 11 is 0. The van der Waals surface area contributed by atoms with E-state index in [2.05, 4.69) is 5.32 Å². The van der Waals surface area contributed by atoms with Crippen molar-refractivity contribution in [2.24, 2.45) is 5.41 Å². The monoisotopic (exact) mass is 137 g/mol. The van der Waals surface area contributed by atoms with Crippen LogP contribution in [0.5, 0.6) is 0 Å². The molecule has 0 saturated carbocycles. The summed E-state index contributed by atoms with van der Waals surface area (Å²) in [5.41, 5.74) is 0.823. The van der Waals surface area contributed by atoms with Gasteiger partial charge >= 0.3 is 0 Å². The molecule has 0 radical (unpaired) electrons. The van der Waals surface area contributed by atoms with Crippen molar-refractivity contribution < 1.29 is 0 Å². The first-order valence-corrected chi connectivity index (χ1v) is 4.62. The molecule has 1 N–H and O–H groups in total. The van der Waals surface area contributed by atoms with Crippen LogP contribution in [0.1, 0.15) is 19.3 Å². The highest BCUT2D eigenvalue weighted by Crippen LogP contribution is 2.45. The van der Waals surface area contributed by atoms with E-state index in [0.717, 1.165) is 5.41 Å². The molecule has 2 fully saturated rings. The molecule has 0 atom stereocenters. The zero-order valence-corrected chi connectivity index (χ0v) is 6.66. The SMILES string of the molecule is B1CC2(C1)CCCNCC2. The molecule has 2 rings (SSSR count). The summed E-state index contributed by atoms with van der Waals surface area (Å²) in [6.07, 6.45) is 7.41. The van der Waals surface area contributed by atoms with Crippen molar-refractivity contribution in [2.75, 3.05) is 13.1 Å². The van der Waals surface area contributed by atoms with E-state index in [-0.39, 0.29) is 0 Å². The smallest absolute Gasteiger partial charge is 0.121 e. The van der Waals surface area contributed by atoms with Gasteiger partial charge in [0.25, 0.3) is 0 Å². The van der Waals surface area contributed by atoms with Crippen molar-refractivity contribution in [3.8, 4) is 0 Å². The van der Waals surface area contributed by atoms with Gasteiger partial charge in [0.1, 0.15) is 7.28 Å². The largest absolute Gasteiger partial charge is 0.317 e. The molecule has 1 spiro atoms. The van der Waals surface area contributed by atoms with Crippen LogP contribution in [0, 0.1) is 5.41 Å². The van der Waals surface area contributed by atoms with Gasteiger partial charge in [-0.2, -0.15) is 0 Å². The Labute approximate surface area is 63.8 Å². The van der Waals surface area contributed by atoms with Gasteiger partial charge in [-0.3, -0.25) is 0 Å². The third kappa shape index (κ3) is 1.09. The third-order valence-electron chi connectivity index (χ3n) is 3.31. The average molecular weight is 137 g/mol. The highest BCUT2D eigenvalue weighted by molar-refractivity contribution is 6.40. The van der Waals surface area contributed by atoms with Crippen LogP contribution in [-0.4, -0.2) is 20.4 Å². The Balaban J connectivity index is 1.92. The van der Waals surface area contributed by atoms with E-state index in [1.54, 1.807) is 0 Å². The van der Waals surface area contributed by atoms with E-state index in [0.29, 0.717) is 0 Å². The lowest BCUT2D eigenvalue weighted by atomic mass is 9.41. The van der Waals surface area contributed by atoms with E-state index in [4.69, 9.17) is 0 Å². The molecule has 2 aliphatic heterocycles. The molecule has 10 heavy (non-hydrogen) atoms. The molecule has 2 saturated heterocycles. The van der Waals surface area contributed by atoms with Crippen LogP contribution in [0.2, 0.25) is 12.6 Å². The van der Waals surface area contributed by atoms with Crippen molar-refractivity contribution in [1.82, 2.24) is 5.32 Å². The van der Waals surface area contributed by atoms with Crippen LogP contribution in [-0.2, 0) is 0 Å². The number of rotatable bonds is 0. The molecule has 56 valence electrons. The van der Waals surface area contributed by atoms with Crippen LogP contribution in [0.15, 0.2) is 0 Å². The Kier molecular flexibility index (Phi) is 1.73. The summed E-state index contributed by atoms with van der Waals surface area (Å²) in [5, 5.41) is 3.47. The van der Waals surface area contributed by atoms with Gasteiger partial charge in [-0.1, -0.05) is 12.6 Å². The van der Waals surface area contributed by atoms with E-state index in [1.807, 2.05) is 0 Å². The van der Waals surface area contributed by atoms with Crippen LogP contribution in [0.4, 0.5) is 0 Å². The number of hydrogen-bond donors (Lipinski definition) is 1. The van der Waals surface area contributed by atoms with Gasteiger partial charge in [0.05, 0.1) is 0 Å². The summed E-state index contributed by atoms with van der Waals surface area (Å²) in [6.45, 7) is 2.54. The summed E-state index contributed by atoms with van der Waals surface area (Å²) < 4.78 is 0. The molecule has 2 heterocycles. The second-order valence-electron chi connectivity index (χ2n) is 3.96. The van der Waals surface area contributed by atoms with E-state index in [1.165, 1.54) is 52.3 Å². The van der Waals surface area contributed by atoms with Gasteiger partial charge in [0.15, 0.2) is 0 Å². The Bertz CT molecular complexity index is 110. The molecule has 0 aromatic rings. The molecule has 0 aliphatic carbocycles. The minimum atomic E-state index is 0.823. The second-order valence-corrected chi connectivity index (χ2v) is 3.96. The van der Waals surface area contributed by atoms with Gasteiger partial charge in [-0.25, -0.2) is 0 Å². The molecular weight excluding hydrogens is 121 g/mol. The predicted molar refractivity (Wildman–Crippen MR) is 45.9 cm³/mol. The Hall–Kier alpha value is 0.0249. The van der Waals surface area contributed by atoms with E-state index >= 15 is 0 Å². The highest BCUT2D eigenvalue weighted by atomic mass is 14.9. The van der Waals surface area contributed by atoms with Crippen LogP contribution in [0.25, 0.3) is 0 Å². The van der Waals surface area contributed by atoms with Crippen molar-refractivity contribution >= 4 is 7.28 Å². The fraction of sp³-hybridized carbons (Fsp3) is 1.00. The summed E-state index contributed by atoms with van der Waals surface area (Å²) in [6, 6.07) is 0. The van der Waals surface area contributed by atoms with Crippen molar-refractivity contribution in [3.63, 3.8) is 0 Å². The molecule has 0 amide bonds. The Morgan fingerprint density at radius 1 is 1.10 bits per heavy atom. The van der Waals surface area contributed by atoms with Gasteiger partial charge in [-0.15, -0.1) is 0 Å². The maximum Gasteiger partial charge on any atom is 0.121 e. The molecule has 2 heteroatoms. The van der Waals surface area contributed by atoms with E-state index < -0.39 is 0 Å². The zero-order valence-electron chi connectivity index (χ0n) is 6.66. The number of hydrogen-bond acceptors (Lipinski definition) is 1. The quantitative estimate of drug-likeness (QED) is 0.491. The highest BCUT2D eigenvalue weighted by Gasteiger charge is 2.36. The minimum Gasteiger partial charge on any atom is -0.317 e. The Morgan fingerprint density at radius 3 is 2.70 bits per heavy atom. The predicted octanol–water partition coefficient (Wildman–Crippen LogP) is 1.03. The van der Waals surface area contributed by atoms with Gasteiger partial charge in [0, 0.05) is 0 Å². The summed E-state index contributed by atoms with van der Waals surface area (Å²) in [4.78, 5) is 0. The molecule has 0 bridgehead atoms. The summed E-state index contributed by atoms with van der Waals surface area (Å²) in [5.74, 6) is 0. The Morgan fingerprint density at radius 2 is 2.00 bits per heavy atom. The van der Waals surface area contributed by atoms with Crippen molar-refractivity contribution in [2.45, 2.75) is 31.9 Å². The van der Waals surface area contributed by atoms with E-state index in [9.17, 15) is 0 Å². The van der Waals surface area contributed by atoms with Crippen LogP contribution >= 0.6 is 0 Å². The normalized spacial score (nSPS) is 30.4. The van der Waals surface area contributed by atoms with Gasteiger partial charge < -0.3 is 5.32 Å². The molecule has 0 unspecified atom stereocenters. The lowest BCUT2D eigenvalue weighted by Crippen LogP contribution is -2.34. The molecule has 0 aromatic carbocycles. The molecule has 0 aromatic heterocycles. The number of nitrogens with one attached hydrogen (secondary N) is 1. The van der Waals surface area contributed by atoms with Crippen molar-refractivity contribution in [3.05, 3.63) is 0 Å². The fourth-order valence-corrected chi connectivity index (χ4v) is 2.37. The van der Waals surface area contributed by atoms with Gasteiger partial charge in [0.2, 0.25) is 0 Å². The van der Waals surface area contributed by atoms with Crippen LogP contribution in [0.3, 0.4) is 0 Å². The third-order valence-corrected chi connectivity index (χ3v) is 3.31. The topological polar surface area (TPSA) is 12.0 Å². The zero-order chi connectivity index (χ0) is 6.86. The maximum atomic E-state index is 3.47. The average Bonchev–Trinajstić information content (AvgIpc) is 2.08. The first-order chi connectivity index (χ1) is 4.91. The van der Waals surface area contributed by atoms with Crippen molar-refractivity contribution in [1.29, 1.82) is 0 Å². The van der Waals surface area contributed by atoms with Crippen LogP contribution < -0.4 is 5.32 Å². The molecule has 1 nitrogen and oxygen atoms in total. The first-order valence-electron chi connectivity index (χ1n) is 4.62. The molecular formula is C8H16BN. The minimum absolute atomic E-state index is 0.823. The molecule has 2 aliphatic rings. The maximum absolute atomic E-state index is 3.47.